The Morgan fingerprint density at radius 1 is 1.14 bits per heavy atom. The fourth-order valence-electron chi connectivity index (χ4n) is 2.09. The van der Waals surface area contributed by atoms with E-state index in [0.717, 1.165) is 12.1 Å². The van der Waals surface area contributed by atoms with E-state index in [1.165, 1.54) is 6.07 Å². The Labute approximate surface area is 134 Å². The summed E-state index contributed by atoms with van der Waals surface area (Å²) in [5, 5.41) is 2.66. The molecular weight excluding hydrogens is 367 g/mol. The van der Waals surface area contributed by atoms with Crippen molar-refractivity contribution in [3.8, 4) is 0 Å². The zero-order valence-corrected chi connectivity index (χ0v) is 13.4. The van der Waals surface area contributed by atoms with E-state index in [9.17, 15) is 13.2 Å². The van der Waals surface area contributed by atoms with Crippen LogP contribution >= 0.6 is 27.5 Å². The fraction of sp³-hybridized carbons (Fsp3) is 0.200. The minimum Gasteiger partial charge on any atom is -0.306 e. The largest absolute Gasteiger partial charge is 0.306 e. The lowest BCUT2D eigenvalue weighted by Gasteiger charge is -2.21. The molecule has 0 spiro atoms. The van der Waals surface area contributed by atoms with Crippen molar-refractivity contribution < 1.29 is 13.2 Å². The smallest absolute Gasteiger partial charge is 0.142 e. The van der Waals surface area contributed by atoms with Crippen molar-refractivity contribution in [2.24, 2.45) is 0 Å². The number of benzene rings is 2. The Bertz CT molecular complexity index is 664. The van der Waals surface area contributed by atoms with E-state index in [4.69, 9.17) is 11.6 Å². The van der Waals surface area contributed by atoms with Gasteiger partial charge in [-0.2, -0.15) is 0 Å². The normalized spacial score (nSPS) is 12.5. The van der Waals surface area contributed by atoms with Crippen molar-refractivity contribution in [1.82, 2.24) is 5.32 Å². The van der Waals surface area contributed by atoms with Crippen LogP contribution in [0.5, 0.6) is 0 Å². The van der Waals surface area contributed by atoms with Crippen LogP contribution in [0.25, 0.3) is 0 Å². The molecule has 2 aromatic carbocycles. The van der Waals surface area contributed by atoms with Crippen LogP contribution < -0.4 is 5.32 Å². The minimum absolute atomic E-state index is 0.00995. The topological polar surface area (TPSA) is 12.0 Å². The van der Waals surface area contributed by atoms with Crippen molar-refractivity contribution in [2.75, 3.05) is 6.54 Å². The maximum absolute atomic E-state index is 14.2. The van der Waals surface area contributed by atoms with Gasteiger partial charge in [-0.1, -0.05) is 30.7 Å². The summed E-state index contributed by atoms with van der Waals surface area (Å²) in [7, 11) is 0. The highest BCUT2D eigenvalue weighted by Gasteiger charge is 2.23. The van der Waals surface area contributed by atoms with Gasteiger partial charge in [-0.25, -0.2) is 13.2 Å². The Balaban J connectivity index is 2.59. The Hall–Kier alpha value is -1.04. The molecule has 0 saturated heterocycles. The summed E-state index contributed by atoms with van der Waals surface area (Å²) in [6.45, 7) is 2.26. The van der Waals surface area contributed by atoms with Gasteiger partial charge in [-0.05, 0) is 40.7 Å². The van der Waals surface area contributed by atoms with Crippen molar-refractivity contribution in [3.05, 3.63) is 68.4 Å². The molecule has 0 aliphatic rings. The van der Waals surface area contributed by atoms with Crippen LogP contribution in [-0.4, -0.2) is 6.54 Å². The third-order valence-corrected chi connectivity index (χ3v) is 3.95. The van der Waals surface area contributed by atoms with E-state index in [1.54, 1.807) is 19.1 Å². The molecular formula is C15H12BrClF3N. The second kappa shape index (κ2) is 6.81. The number of rotatable bonds is 4. The van der Waals surface area contributed by atoms with Crippen LogP contribution in [0.1, 0.15) is 24.1 Å². The van der Waals surface area contributed by atoms with Crippen molar-refractivity contribution in [1.29, 1.82) is 0 Å². The first-order chi connectivity index (χ1) is 9.95. The molecule has 0 fully saturated rings. The van der Waals surface area contributed by atoms with E-state index in [-0.39, 0.29) is 20.6 Å². The summed E-state index contributed by atoms with van der Waals surface area (Å²) in [5.74, 6) is -1.95. The van der Waals surface area contributed by atoms with Crippen LogP contribution in [0, 0.1) is 17.5 Å². The van der Waals surface area contributed by atoms with Crippen molar-refractivity contribution in [3.63, 3.8) is 0 Å². The molecule has 112 valence electrons. The number of nitrogens with one attached hydrogen (secondary N) is 1. The average Bonchev–Trinajstić information content (AvgIpc) is 2.44. The van der Waals surface area contributed by atoms with E-state index in [2.05, 4.69) is 21.2 Å². The van der Waals surface area contributed by atoms with Gasteiger partial charge < -0.3 is 5.32 Å². The summed E-state index contributed by atoms with van der Waals surface area (Å²) in [6.07, 6.45) is 0. The standard InChI is InChI=1S/C15H12BrClF3N/c1-2-21-15(8-4-3-5-10(16)14(8)20)9-6-13(19)11(17)7-12(9)18/h3-7,15,21H,2H2,1H3. The van der Waals surface area contributed by atoms with Gasteiger partial charge in [0.1, 0.15) is 17.5 Å². The maximum Gasteiger partial charge on any atom is 0.142 e. The number of halogens is 5. The quantitative estimate of drug-likeness (QED) is 0.719. The van der Waals surface area contributed by atoms with Gasteiger partial charge >= 0.3 is 0 Å². The molecule has 0 saturated carbocycles. The second-order valence-electron chi connectivity index (χ2n) is 4.42. The molecule has 0 heterocycles. The molecule has 1 N–H and O–H groups in total. The predicted molar refractivity (Wildman–Crippen MR) is 81.0 cm³/mol. The van der Waals surface area contributed by atoms with Gasteiger partial charge in [0.2, 0.25) is 0 Å². The monoisotopic (exact) mass is 377 g/mol. The molecule has 2 aromatic rings. The molecule has 1 nitrogen and oxygen atoms in total. The average molecular weight is 379 g/mol. The first-order valence-electron chi connectivity index (χ1n) is 6.27. The van der Waals surface area contributed by atoms with E-state index in [1.807, 2.05) is 0 Å². The molecule has 0 aliphatic carbocycles. The fourth-order valence-corrected chi connectivity index (χ4v) is 2.63. The zero-order valence-electron chi connectivity index (χ0n) is 11.1. The van der Waals surface area contributed by atoms with Crippen molar-refractivity contribution >= 4 is 27.5 Å². The Morgan fingerprint density at radius 2 is 1.86 bits per heavy atom. The number of hydrogen-bond donors (Lipinski definition) is 1. The van der Waals surface area contributed by atoms with E-state index < -0.39 is 23.5 Å². The lowest BCUT2D eigenvalue weighted by Crippen LogP contribution is -2.24. The first kappa shape index (κ1) is 16.3. The Kier molecular flexibility index (Phi) is 5.30. The molecule has 0 aliphatic heterocycles. The van der Waals surface area contributed by atoms with Crippen LogP contribution in [0.15, 0.2) is 34.8 Å². The highest BCUT2D eigenvalue weighted by Crippen LogP contribution is 2.31. The highest BCUT2D eigenvalue weighted by molar-refractivity contribution is 9.10. The summed E-state index contributed by atoms with van der Waals surface area (Å²) in [4.78, 5) is 0. The van der Waals surface area contributed by atoms with Gasteiger partial charge in [-0.3, -0.25) is 0 Å². The summed E-state index contributed by atoms with van der Waals surface area (Å²) < 4.78 is 42.2. The second-order valence-corrected chi connectivity index (χ2v) is 5.68. The zero-order chi connectivity index (χ0) is 15.6. The van der Waals surface area contributed by atoms with Gasteiger partial charge in [0.15, 0.2) is 0 Å². The lowest BCUT2D eigenvalue weighted by atomic mass is 9.97. The van der Waals surface area contributed by atoms with Gasteiger partial charge in [-0.15, -0.1) is 0 Å². The SMILES string of the molecule is CCNC(c1cc(F)c(Cl)cc1F)c1cccc(Br)c1F. The minimum atomic E-state index is -0.806. The van der Waals surface area contributed by atoms with Crippen LogP contribution in [0.2, 0.25) is 5.02 Å². The van der Waals surface area contributed by atoms with Crippen LogP contribution in [-0.2, 0) is 0 Å². The third kappa shape index (κ3) is 3.42. The Morgan fingerprint density at radius 3 is 2.52 bits per heavy atom. The van der Waals surface area contributed by atoms with E-state index in [0.29, 0.717) is 6.54 Å². The van der Waals surface area contributed by atoms with Crippen LogP contribution in [0.4, 0.5) is 13.2 Å². The number of hydrogen-bond acceptors (Lipinski definition) is 1. The molecule has 0 aromatic heterocycles. The molecule has 21 heavy (non-hydrogen) atoms. The first-order valence-corrected chi connectivity index (χ1v) is 7.44. The predicted octanol–water partition coefficient (Wildman–Crippen LogP) is 5.22. The molecule has 1 unspecified atom stereocenters. The van der Waals surface area contributed by atoms with Crippen molar-refractivity contribution in [2.45, 2.75) is 13.0 Å². The molecule has 0 radical (unpaired) electrons. The van der Waals surface area contributed by atoms with Crippen LogP contribution in [0.3, 0.4) is 0 Å². The highest BCUT2D eigenvalue weighted by atomic mass is 79.9. The van der Waals surface area contributed by atoms with Gasteiger partial charge in [0, 0.05) is 11.1 Å². The molecule has 0 bridgehead atoms. The van der Waals surface area contributed by atoms with Gasteiger partial charge in [0.25, 0.3) is 0 Å². The molecule has 1 atom stereocenters. The van der Waals surface area contributed by atoms with Gasteiger partial charge in [0.05, 0.1) is 15.5 Å². The summed E-state index contributed by atoms with van der Waals surface area (Å²) in [5.41, 5.74) is 0.239. The summed E-state index contributed by atoms with van der Waals surface area (Å²) >= 11 is 8.64. The molecule has 0 amide bonds. The summed E-state index contributed by atoms with van der Waals surface area (Å²) in [6, 6.07) is 5.79. The lowest BCUT2D eigenvalue weighted by molar-refractivity contribution is 0.521. The van der Waals surface area contributed by atoms with E-state index >= 15 is 0 Å². The molecule has 2 rings (SSSR count). The third-order valence-electron chi connectivity index (χ3n) is 3.05. The maximum atomic E-state index is 14.2. The molecule has 6 heteroatoms.